The van der Waals surface area contributed by atoms with E-state index in [1.54, 1.807) is 0 Å². The lowest BCUT2D eigenvalue weighted by molar-refractivity contribution is 0.0329. The molecule has 7 nitrogen and oxygen atoms in total. The van der Waals surface area contributed by atoms with Crippen LogP contribution in [0, 0.1) is 12.3 Å². The number of likely N-dealkylation sites (tertiary alicyclic amines) is 1. The van der Waals surface area contributed by atoms with E-state index in [-0.39, 0.29) is 17.1 Å². The lowest BCUT2D eigenvalue weighted by Gasteiger charge is -2.47. The number of hydrogen-bond acceptors (Lipinski definition) is 5. The Morgan fingerprint density at radius 2 is 1.82 bits per heavy atom. The van der Waals surface area contributed by atoms with Crippen molar-refractivity contribution in [1.82, 2.24) is 30.1 Å². The van der Waals surface area contributed by atoms with Crippen LogP contribution < -0.4 is 5.56 Å². The monoisotopic (exact) mass is 448 g/mol. The summed E-state index contributed by atoms with van der Waals surface area (Å²) in [6.45, 7) is 10.3. The maximum Gasteiger partial charge on any atom is 0.253 e. The zero-order valence-electron chi connectivity index (χ0n) is 20.4. The second-order valence-electron chi connectivity index (χ2n) is 11.3. The molecule has 0 radical (unpaired) electrons. The first-order valence-corrected chi connectivity index (χ1v) is 12.4. The predicted molar refractivity (Wildman–Crippen MR) is 130 cm³/mol. The van der Waals surface area contributed by atoms with E-state index in [1.165, 1.54) is 38.5 Å². The summed E-state index contributed by atoms with van der Waals surface area (Å²) in [7, 11) is 0. The molecule has 5 rings (SSSR count). The van der Waals surface area contributed by atoms with Crippen LogP contribution in [0.25, 0.3) is 10.9 Å². The second kappa shape index (κ2) is 8.35. The largest absolute Gasteiger partial charge is 0.322 e. The Morgan fingerprint density at radius 1 is 1.06 bits per heavy atom. The van der Waals surface area contributed by atoms with Gasteiger partial charge in [0.25, 0.3) is 5.56 Å². The second-order valence-corrected chi connectivity index (χ2v) is 11.3. The van der Waals surface area contributed by atoms with Gasteiger partial charge < -0.3 is 4.98 Å². The molecule has 1 aliphatic carbocycles. The molecule has 1 aliphatic heterocycles. The third-order valence-electron chi connectivity index (χ3n) is 7.67. The van der Waals surface area contributed by atoms with E-state index in [4.69, 9.17) is 0 Å². The minimum atomic E-state index is -0.282. The van der Waals surface area contributed by atoms with Crippen LogP contribution in [0.4, 0.5) is 0 Å². The Labute approximate surface area is 195 Å². The fourth-order valence-corrected chi connectivity index (χ4v) is 6.05. The van der Waals surface area contributed by atoms with E-state index >= 15 is 0 Å². The number of H-pyrrole nitrogens is 1. The summed E-state index contributed by atoms with van der Waals surface area (Å²) in [4.78, 5) is 19.1. The van der Waals surface area contributed by atoms with Gasteiger partial charge in [0.1, 0.15) is 6.04 Å². The van der Waals surface area contributed by atoms with Crippen LogP contribution in [0.5, 0.6) is 0 Å². The first-order chi connectivity index (χ1) is 15.8. The number of nitrogens with zero attached hydrogens (tertiary/aromatic N) is 5. The fraction of sp³-hybridized carbons (Fsp3) is 0.615. The van der Waals surface area contributed by atoms with Gasteiger partial charge in [-0.2, -0.15) is 0 Å². The first kappa shape index (κ1) is 22.3. The van der Waals surface area contributed by atoms with Crippen molar-refractivity contribution in [3.63, 3.8) is 0 Å². The number of aryl methyl sites for hydroxylation is 1. The van der Waals surface area contributed by atoms with Crippen molar-refractivity contribution < 1.29 is 0 Å². The van der Waals surface area contributed by atoms with Gasteiger partial charge in [0, 0.05) is 17.6 Å². The average molecular weight is 449 g/mol. The minimum absolute atomic E-state index is 0.0511. The van der Waals surface area contributed by atoms with Gasteiger partial charge in [-0.05, 0) is 98.8 Å². The topological polar surface area (TPSA) is 79.7 Å². The van der Waals surface area contributed by atoms with Crippen LogP contribution in [0.3, 0.4) is 0 Å². The highest BCUT2D eigenvalue weighted by molar-refractivity contribution is 5.79. The molecule has 3 aromatic rings. The molecule has 33 heavy (non-hydrogen) atoms. The molecule has 1 saturated carbocycles. The number of pyridine rings is 1. The van der Waals surface area contributed by atoms with Crippen molar-refractivity contribution in [2.45, 2.75) is 84.2 Å². The Bertz CT molecular complexity index is 1190. The summed E-state index contributed by atoms with van der Waals surface area (Å²) in [5, 5.41) is 14.0. The smallest absolute Gasteiger partial charge is 0.253 e. The molecule has 2 aromatic heterocycles. The van der Waals surface area contributed by atoms with Gasteiger partial charge in [-0.15, -0.1) is 5.10 Å². The Kier molecular flexibility index (Phi) is 5.63. The van der Waals surface area contributed by atoms with E-state index < -0.39 is 0 Å². The quantitative estimate of drug-likeness (QED) is 0.627. The number of hydrogen-bond donors (Lipinski definition) is 1. The molecular formula is C26H36N6O. The molecule has 0 unspecified atom stereocenters. The van der Waals surface area contributed by atoms with Crippen LogP contribution in [0.1, 0.15) is 88.7 Å². The Hall–Kier alpha value is -2.54. The lowest BCUT2D eigenvalue weighted by Crippen LogP contribution is -2.48. The Balaban J connectivity index is 1.65. The zero-order valence-corrected chi connectivity index (χ0v) is 20.4. The SMILES string of the molecule is Cc1ccc2cc([C@H](c3nnnn3C(C)(C)C)N3CCCC4(CCCCC4)C3)c(=O)[nH]c2c1. The number of aromatic nitrogens is 5. The highest BCUT2D eigenvalue weighted by Gasteiger charge is 2.41. The summed E-state index contributed by atoms with van der Waals surface area (Å²) in [5.74, 6) is 0.757. The number of aromatic amines is 1. The van der Waals surface area contributed by atoms with Crippen molar-refractivity contribution in [2.75, 3.05) is 13.1 Å². The number of rotatable bonds is 3. The molecule has 1 aromatic carbocycles. The minimum Gasteiger partial charge on any atom is -0.322 e. The van der Waals surface area contributed by atoms with E-state index in [1.807, 2.05) is 17.7 Å². The highest BCUT2D eigenvalue weighted by Crippen LogP contribution is 2.45. The molecule has 7 heteroatoms. The summed E-state index contributed by atoms with van der Waals surface area (Å²) in [6, 6.07) is 8.01. The van der Waals surface area contributed by atoms with Crippen LogP contribution in [0.2, 0.25) is 0 Å². The molecular weight excluding hydrogens is 412 g/mol. The average Bonchev–Trinajstić information content (AvgIpc) is 3.25. The summed E-state index contributed by atoms with van der Waals surface area (Å²) >= 11 is 0. The number of fused-ring (bicyclic) bond motifs is 1. The maximum absolute atomic E-state index is 13.5. The predicted octanol–water partition coefficient (Wildman–Crippen LogP) is 4.71. The number of tetrazole rings is 1. The van der Waals surface area contributed by atoms with Gasteiger partial charge in [0.05, 0.1) is 5.54 Å². The van der Waals surface area contributed by atoms with Gasteiger partial charge in [-0.25, -0.2) is 4.68 Å². The molecule has 176 valence electrons. The van der Waals surface area contributed by atoms with Crippen molar-refractivity contribution >= 4 is 10.9 Å². The molecule has 1 N–H and O–H groups in total. The molecule has 3 heterocycles. The fourth-order valence-electron chi connectivity index (χ4n) is 6.05. The van der Waals surface area contributed by atoms with Crippen LogP contribution in [0.15, 0.2) is 29.1 Å². The van der Waals surface area contributed by atoms with Crippen molar-refractivity contribution in [1.29, 1.82) is 0 Å². The summed E-state index contributed by atoms with van der Waals surface area (Å²) in [5.41, 5.74) is 2.77. The lowest BCUT2D eigenvalue weighted by atomic mass is 9.69. The Morgan fingerprint density at radius 3 is 2.58 bits per heavy atom. The van der Waals surface area contributed by atoms with E-state index in [0.29, 0.717) is 5.41 Å². The molecule has 0 bridgehead atoms. The third kappa shape index (κ3) is 4.23. The number of nitrogens with one attached hydrogen (secondary N) is 1. The maximum atomic E-state index is 13.5. The van der Waals surface area contributed by atoms with Gasteiger partial charge in [0.15, 0.2) is 5.82 Å². The van der Waals surface area contributed by atoms with Crippen molar-refractivity contribution in [3.8, 4) is 0 Å². The van der Waals surface area contributed by atoms with Crippen LogP contribution in [-0.2, 0) is 5.54 Å². The van der Waals surface area contributed by atoms with Crippen molar-refractivity contribution in [3.05, 3.63) is 51.6 Å². The molecule has 1 saturated heterocycles. The van der Waals surface area contributed by atoms with Gasteiger partial charge in [0.2, 0.25) is 0 Å². The van der Waals surface area contributed by atoms with Gasteiger partial charge >= 0.3 is 0 Å². The normalized spacial score (nSPS) is 20.4. The zero-order chi connectivity index (χ0) is 23.2. The molecule has 1 atom stereocenters. The summed E-state index contributed by atoms with van der Waals surface area (Å²) in [6.07, 6.45) is 8.98. The molecule has 1 spiro atoms. The summed E-state index contributed by atoms with van der Waals surface area (Å²) < 4.78 is 1.90. The standard InChI is InChI=1S/C26H36N6O/c1-18-9-10-19-16-20(24(33)27-21(19)15-18)22(23-28-29-30-32(23)25(2,3)4)31-14-8-13-26(17-31)11-6-5-7-12-26/h9-10,15-16,22H,5-8,11-14,17H2,1-4H3,(H,27,33)/t22-/m1/s1. The number of benzene rings is 1. The van der Waals surface area contributed by atoms with Crippen LogP contribution in [-0.4, -0.2) is 43.2 Å². The molecule has 0 amide bonds. The van der Waals surface area contributed by atoms with Gasteiger partial charge in [-0.1, -0.05) is 31.4 Å². The highest BCUT2D eigenvalue weighted by atomic mass is 16.1. The third-order valence-corrected chi connectivity index (χ3v) is 7.67. The van der Waals surface area contributed by atoms with Gasteiger partial charge in [-0.3, -0.25) is 9.69 Å². The number of piperidine rings is 1. The first-order valence-electron chi connectivity index (χ1n) is 12.4. The van der Waals surface area contributed by atoms with E-state index in [0.717, 1.165) is 47.4 Å². The van der Waals surface area contributed by atoms with Crippen LogP contribution >= 0.6 is 0 Å². The van der Waals surface area contributed by atoms with E-state index in [9.17, 15) is 4.79 Å². The van der Waals surface area contributed by atoms with Crippen molar-refractivity contribution in [2.24, 2.45) is 5.41 Å². The molecule has 2 fully saturated rings. The molecule has 2 aliphatic rings. The van der Waals surface area contributed by atoms with E-state index in [2.05, 4.69) is 64.4 Å².